The van der Waals surface area contributed by atoms with E-state index >= 15 is 0 Å². The van der Waals surface area contributed by atoms with E-state index in [1.54, 1.807) is 23.9 Å². The van der Waals surface area contributed by atoms with Gasteiger partial charge in [0, 0.05) is 11.7 Å². The molecular weight excluding hydrogens is 453 g/mol. The SMILES string of the molecule is CSC(CCc1ccc(C(F)(F)F)cc1)CCC1[C@H](O)C[C@H](O)[C@@H]1CCCCCCC(=O)O. The molecule has 1 fully saturated rings. The zero-order valence-corrected chi connectivity index (χ0v) is 20.1. The van der Waals surface area contributed by atoms with Crippen molar-refractivity contribution in [2.24, 2.45) is 11.8 Å². The average molecular weight is 491 g/mol. The predicted octanol–water partition coefficient (Wildman–Crippen LogP) is 5.93. The third-order valence-electron chi connectivity index (χ3n) is 6.89. The van der Waals surface area contributed by atoms with Gasteiger partial charge in [0.1, 0.15) is 0 Å². The summed E-state index contributed by atoms with van der Waals surface area (Å²) in [5, 5.41) is 30.0. The van der Waals surface area contributed by atoms with Gasteiger partial charge in [-0.05, 0) is 80.7 Å². The van der Waals surface area contributed by atoms with Crippen molar-refractivity contribution in [1.82, 2.24) is 0 Å². The summed E-state index contributed by atoms with van der Waals surface area (Å²) < 4.78 is 38.2. The summed E-state index contributed by atoms with van der Waals surface area (Å²) in [5.74, 6) is -0.650. The highest BCUT2D eigenvalue weighted by Crippen LogP contribution is 2.40. The minimum Gasteiger partial charge on any atom is -0.481 e. The van der Waals surface area contributed by atoms with Crippen molar-refractivity contribution >= 4 is 17.7 Å². The van der Waals surface area contributed by atoms with Crippen LogP contribution in [0.4, 0.5) is 13.2 Å². The van der Waals surface area contributed by atoms with Crippen LogP contribution >= 0.6 is 11.8 Å². The molecule has 2 unspecified atom stereocenters. The molecule has 8 heteroatoms. The number of carboxylic acid groups (broad SMARTS) is 1. The number of hydrogen-bond acceptors (Lipinski definition) is 4. The number of rotatable bonds is 14. The predicted molar refractivity (Wildman–Crippen MR) is 125 cm³/mol. The number of halogens is 3. The first-order chi connectivity index (χ1) is 15.6. The minimum atomic E-state index is -4.32. The third kappa shape index (κ3) is 9.49. The number of hydrogen-bond donors (Lipinski definition) is 3. The maximum absolute atomic E-state index is 12.7. The van der Waals surface area contributed by atoms with Gasteiger partial charge in [-0.3, -0.25) is 4.79 Å². The summed E-state index contributed by atoms with van der Waals surface area (Å²) in [6, 6.07) is 5.35. The smallest absolute Gasteiger partial charge is 0.416 e. The molecule has 5 atom stereocenters. The fourth-order valence-corrected chi connectivity index (χ4v) is 5.66. The first kappa shape index (κ1) is 28.0. The van der Waals surface area contributed by atoms with Gasteiger partial charge < -0.3 is 15.3 Å². The van der Waals surface area contributed by atoms with Crippen LogP contribution in [0, 0.1) is 11.8 Å². The second kappa shape index (κ2) is 13.6. The van der Waals surface area contributed by atoms with Crippen molar-refractivity contribution in [3.05, 3.63) is 35.4 Å². The summed E-state index contributed by atoms with van der Waals surface area (Å²) in [6.07, 6.45) is 4.81. The summed E-state index contributed by atoms with van der Waals surface area (Å²) in [6.45, 7) is 0. The Kier molecular flexibility index (Phi) is 11.5. The van der Waals surface area contributed by atoms with Gasteiger partial charge in [0.25, 0.3) is 0 Å². The van der Waals surface area contributed by atoms with Crippen molar-refractivity contribution in [2.45, 2.75) is 94.3 Å². The number of aliphatic hydroxyl groups excluding tert-OH is 2. The van der Waals surface area contributed by atoms with E-state index in [4.69, 9.17) is 5.11 Å². The average Bonchev–Trinajstić information content (AvgIpc) is 3.02. The molecule has 188 valence electrons. The lowest BCUT2D eigenvalue weighted by Gasteiger charge is -2.25. The molecule has 0 bridgehead atoms. The Morgan fingerprint density at radius 2 is 1.61 bits per heavy atom. The number of aryl methyl sites for hydroxylation is 1. The molecule has 3 N–H and O–H groups in total. The van der Waals surface area contributed by atoms with Crippen LogP contribution in [0.1, 0.15) is 75.3 Å². The maximum atomic E-state index is 12.7. The second-order valence-corrected chi connectivity index (χ2v) is 10.4. The second-order valence-electron chi connectivity index (χ2n) is 9.21. The van der Waals surface area contributed by atoms with E-state index in [9.17, 15) is 28.2 Å². The van der Waals surface area contributed by atoms with E-state index in [-0.39, 0.29) is 18.3 Å². The lowest BCUT2D eigenvalue weighted by molar-refractivity contribution is -0.138. The monoisotopic (exact) mass is 490 g/mol. The molecule has 0 spiro atoms. The lowest BCUT2D eigenvalue weighted by atomic mass is 9.84. The van der Waals surface area contributed by atoms with E-state index in [0.717, 1.165) is 62.6 Å². The Morgan fingerprint density at radius 1 is 1.00 bits per heavy atom. The number of carboxylic acids is 1. The fourth-order valence-electron chi connectivity index (χ4n) is 4.94. The quantitative estimate of drug-likeness (QED) is 0.282. The topological polar surface area (TPSA) is 77.8 Å². The van der Waals surface area contributed by atoms with E-state index in [2.05, 4.69) is 0 Å². The van der Waals surface area contributed by atoms with Gasteiger partial charge in [-0.25, -0.2) is 0 Å². The van der Waals surface area contributed by atoms with Crippen LogP contribution in [0.5, 0.6) is 0 Å². The number of aliphatic hydroxyl groups is 2. The largest absolute Gasteiger partial charge is 0.481 e. The number of thioether (sulfide) groups is 1. The molecule has 33 heavy (non-hydrogen) atoms. The van der Waals surface area contributed by atoms with E-state index in [1.807, 2.05) is 6.26 Å². The van der Waals surface area contributed by atoms with Crippen molar-refractivity contribution < 1.29 is 33.3 Å². The van der Waals surface area contributed by atoms with Crippen molar-refractivity contribution in [1.29, 1.82) is 0 Å². The maximum Gasteiger partial charge on any atom is 0.416 e. The molecular formula is C25H37F3O4S. The number of unbranched alkanes of at least 4 members (excludes halogenated alkanes) is 3. The highest BCUT2D eigenvalue weighted by atomic mass is 32.2. The first-order valence-electron chi connectivity index (χ1n) is 11.9. The lowest BCUT2D eigenvalue weighted by Crippen LogP contribution is -2.23. The first-order valence-corrected chi connectivity index (χ1v) is 13.2. The molecule has 1 saturated carbocycles. The van der Waals surface area contributed by atoms with Gasteiger partial charge in [0.05, 0.1) is 17.8 Å². The van der Waals surface area contributed by atoms with Gasteiger partial charge in [0.15, 0.2) is 0 Å². The van der Waals surface area contributed by atoms with Crippen LogP contribution in [-0.4, -0.2) is 45.0 Å². The Balaban J connectivity index is 1.78. The van der Waals surface area contributed by atoms with Gasteiger partial charge in [-0.15, -0.1) is 0 Å². The molecule has 1 aromatic carbocycles. The molecule has 0 aliphatic heterocycles. The Bertz CT molecular complexity index is 711. The van der Waals surface area contributed by atoms with Crippen LogP contribution in [0.2, 0.25) is 0 Å². The highest BCUT2D eigenvalue weighted by Gasteiger charge is 2.40. The Labute approximate surface area is 199 Å². The van der Waals surface area contributed by atoms with Crippen LogP contribution in [0.25, 0.3) is 0 Å². The molecule has 0 aromatic heterocycles. The van der Waals surface area contributed by atoms with Gasteiger partial charge >= 0.3 is 12.1 Å². The molecule has 2 rings (SSSR count). The normalized spacial score (nSPS) is 24.2. The van der Waals surface area contributed by atoms with Crippen molar-refractivity contribution in [3.63, 3.8) is 0 Å². The molecule has 1 aliphatic carbocycles. The molecule has 1 aromatic rings. The van der Waals surface area contributed by atoms with Crippen molar-refractivity contribution in [3.8, 4) is 0 Å². The van der Waals surface area contributed by atoms with E-state index in [0.29, 0.717) is 24.5 Å². The number of carbonyl (C=O) groups is 1. The minimum absolute atomic E-state index is 0.0553. The summed E-state index contributed by atoms with van der Waals surface area (Å²) in [4.78, 5) is 10.6. The molecule has 0 heterocycles. The van der Waals surface area contributed by atoms with E-state index < -0.39 is 29.9 Å². The molecule has 1 aliphatic rings. The summed E-state index contributed by atoms with van der Waals surface area (Å²) in [7, 11) is 0. The summed E-state index contributed by atoms with van der Waals surface area (Å²) >= 11 is 1.74. The molecule has 4 nitrogen and oxygen atoms in total. The Morgan fingerprint density at radius 3 is 2.18 bits per heavy atom. The van der Waals surface area contributed by atoms with Gasteiger partial charge in [0.2, 0.25) is 0 Å². The van der Waals surface area contributed by atoms with Gasteiger partial charge in [-0.2, -0.15) is 24.9 Å². The zero-order chi connectivity index (χ0) is 24.4. The molecule has 0 radical (unpaired) electrons. The zero-order valence-electron chi connectivity index (χ0n) is 19.3. The van der Waals surface area contributed by atoms with Crippen molar-refractivity contribution in [2.75, 3.05) is 6.26 Å². The van der Waals surface area contributed by atoms with Crippen LogP contribution < -0.4 is 0 Å². The highest BCUT2D eigenvalue weighted by molar-refractivity contribution is 7.99. The van der Waals surface area contributed by atoms with Gasteiger partial charge in [-0.1, -0.05) is 31.4 Å². The number of benzene rings is 1. The van der Waals surface area contributed by atoms with E-state index in [1.165, 1.54) is 0 Å². The molecule has 0 saturated heterocycles. The van der Waals surface area contributed by atoms with Crippen LogP contribution in [-0.2, 0) is 17.4 Å². The van der Waals surface area contributed by atoms with Crippen LogP contribution in [0.15, 0.2) is 24.3 Å². The summed E-state index contributed by atoms with van der Waals surface area (Å²) in [5.41, 5.74) is 0.258. The number of alkyl halides is 3. The van der Waals surface area contributed by atoms with Crippen LogP contribution in [0.3, 0.4) is 0 Å². The number of aliphatic carboxylic acids is 1. The fraction of sp³-hybridized carbons (Fsp3) is 0.720. The Hall–Kier alpha value is -1.25. The molecule has 0 amide bonds. The standard InChI is InChI=1S/C25H37F3O4S/c1-33-19(13-10-17-8-11-18(12-9-17)25(26,27)28)14-15-21-20(22(29)16-23(21)30)6-4-2-3-5-7-24(31)32/h8-9,11-12,19-23,29-30H,2-7,10,13-16H2,1H3,(H,31,32)/t19?,20-,21?,22+,23-/m1/s1. The third-order valence-corrected chi connectivity index (χ3v) is 8.03.